The Morgan fingerprint density at radius 1 is 1.13 bits per heavy atom. The normalized spacial score (nSPS) is 20.9. The highest BCUT2D eigenvalue weighted by atomic mass is 16.5. The lowest BCUT2D eigenvalue weighted by atomic mass is 9.89. The Labute approximate surface area is 184 Å². The molecule has 0 aliphatic carbocycles. The lowest BCUT2D eigenvalue weighted by molar-refractivity contribution is -0.117. The first-order valence-corrected chi connectivity index (χ1v) is 11.2. The summed E-state index contributed by atoms with van der Waals surface area (Å²) < 4.78 is 5.92. The van der Waals surface area contributed by atoms with E-state index in [0.29, 0.717) is 13.0 Å². The number of benzene rings is 2. The lowest BCUT2D eigenvalue weighted by Gasteiger charge is -2.39. The molecule has 0 bridgehead atoms. The van der Waals surface area contributed by atoms with Crippen molar-refractivity contribution in [3.05, 3.63) is 48.0 Å². The molecular weight excluding hydrogens is 390 g/mol. The Morgan fingerprint density at radius 2 is 1.84 bits per heavy atom. The zero-order valence-electron chi connectivity index (χ0n) is 18.3. The Balaban J connectivity index is 1.51. The fourth-order valence-corrected chi connectivity index (χ4v) is 4.81. The van der Waals surface area contributed by atoms with Gasteiger partial charge in [0, 0.05) is 25.2 Å². The van der Waals surface area contributed by atoms with Gasteiger partial charge in [0.05, 0.1) is 6.04 Å². The lowest BCUT2D eigenvalue weighted by Crippen LogP contribution is -2.44. The van der Waals surface area contributed by atoms with E-state index in [2.05, 4.69) is 28.4 Å². The third-order valence-electron chi connectivity index (χ3n) is 6.35. The van der Waals surface area contributed by atoms with Crippen molar-refractivity contribution in [3.8, 4) is 16.9 Å². The van der Waals surface area contributed by atoms with Gasteiger partial charge < -0.3 is 15.0 Å². The molecule has 164 valence electrons. The molecule has 2 atom stereocenters. The highest BCUT2D eigenvalue weighted by Gasteiger charge is 2.32. The molecule has 6 nitrogen and oxygen atoms in total. The van der Waals surface area contributed by atoms with Gasteiger partial charge in [-0.15, -0.1) is 0 Å². The van der Waals surface area contributed by atoms with Crippen LogP contribution >= 0.6 is 0 Å². The van der Waals surface area contributed by atoms with Crippen molar-refractivity contribution in [2.75, 3.05) is 31.1 Å². The molecule has 0 radical (unpaired) electrons. The van der Waals surface area contributed by atoms with Crippen LogP contribution in [-0.4, -0.2) is 49.5 Å². The number of carbonyl (C=O) groups is 2. The highest BCUT2D eigenvalue weighted by Crippen LogP contribution is 2.39. The molecule has 31 heavy (non-hydrogen) atoms. The molecule has 2 aromatic carbocycles. The molecule has 1 fully saturated rings. The molecule has 1 N–H and O–H groups in total. The summed E-state index contributed by atoms with van der Waals surface area (Å²) in [5.41, 5.74) is 3.98. The second kappa shape index (κ2) is 9.52. The summed E-state index contributed by atoms with van der Waals surface area (Å²) in [4.78, 5) is 27.6. The van der Waals surface area contributed by atoms with Crippen LogP contribution in [0.3, 0.4) is 0 Å². The van der Waals surface area contributed by atoms with Gasteiger partial charge in [-0.25, -0.2) is 0 Å². The second-order valence-electron chi connectivity index (χ2n) is 8.51. The predicted molar refractivity (Wildman–Crippen MR) is 122 cm³/mol. The first-order valence-electron chi connectivity index (χ1n) is 11.2. The summed E-state index contributed by atoms with van der Waals surface area (Å²) in [7, 11) is 0. The van der Waals surface area contributed by atoms with Gasteiger partial charge in [-0.2, -0.15) is 0 Å². The number of anilines is 1. The van der Waals surface area contributed by atoms with Crippen molar-refractivity contribution in [2.24, 2.45) is 0 Å². The van der Waals surface area contributed by atoms with Gasteiger partial charge in [0.25, 0.3) is 0 Å². The molecule has 2 heterocycles. The molecule has 1 saturated heterocycles. The average molecular weight is 422 g/mol. The minimum atomic E-state index is -0.105. The molecule has 0 aromatic heterocycles. The van der Waals surface area contributed by atoms with Crippen molar-refractivity contribution in [2.45, 2.75) is 45.2 Å². The van der Waals surface area contributed by atoms with E-state index in [1.807, 2.05) is 36.1 Å². The minimum absolute atomic E-state index is 0.0153. The number of nitrogens with one attached hydrogen (secondary N) is 1. The molecule has 4 rings (SSSR count). The van der Waals surface area contributed by atoms with Crippen molar-refractivity contribution in [1.82, 2.24) is 10.2 Å². The van der Waals surface area contributed by atoms with Crippen LogP contribution in [0.4, 0.5) is 5.69 Å². The summed E-state index contributed by atoms with van der Waals surface area (Å²) in [5, 5.41) is 2.92. The van der Waals surface area contributed by atoms with Crippen LogP contribution in [-0.2, 0) is 9.59 Å². The van der Waals surface area contributed by atoms with E-state index in [-0.39, 0.29) is 18.0 Å². The maximum absolute atomic E-state index is 12.2. The van der Waals surface area contributed by atoms with Crippen LogP contribution in [0.5, 0.6) is 5.75 Å². The van der Waals surface area contributed by atoms with Crippen LogP contribution < -0.4 is 15.0 Å². The summed E-state index contributed by atoms with van der Waals surface area (Å²) >= 11 is 0. The Bertz CT molecular complexity index is 922. The molecule has 2 amide bonds. The van der Waals surface area contributed by atoms with E-state index in [0.717, 1.165) is 41.1 Å². The molecule has 6 heteroatoms. The predicted octanol–water partition coefficient (Wildman–Crippen LogP) is 3.76. The number of likely N-dealkylation sites (tertiary alicyclic amines) is 1. The van der Waals surface area contributed by atoms with Gasteiger partial charge in [0.1, 0.15) is 12.4 Å². The summed E-state index contributed by atoms with van der Waals surface area (Å²) in [6, 6.07) is 14.2. The van der Waals surface area contributed by atoms with Crippen LogP contribution in [0.2, 0.25) is 0 Å². The van der Waals surface area contributed by atoms with Gasteiger partial charge in [-0.05, 0) is 80.2 Å². The SMILES string of the molecule is CC(=O)N1c2ccc(-c3ccc(OCCN4CCCC4)cc3)cc2[C@@H](NC=O)C[C@H]1C. The maximum Gasteiger partial charge on any atom is 0.224 e. The fourth-order valence-electron chi connectivity index (χ4n) is 4.81. The average Bonchev–Trinajstić information content (AvgIpc) is 3.27. The Hall–Kier alpha value is -2.86. The van der Waals surface area contributed by atoms with E-state index in [1.165, 1.54) is 25.9 Å². The van der Waals surface area contributed by atoms with Crippen molar-refractivity contribution in [3.63, 3.8) is 0 Å². The maximum atomic E-state index is 12.2. The molecule has 2 aromatic rings. The number of fused-ring (bicyclic) bond motifs is 1. The van der Waals surface area contributed by atoms with Gasteiger partial charge in [-0.1, -0.05) is 18.2 Å². The largest absolute Gasteiger partial charge is 0.492 e. The number of carbonyl (C=O) groups excluding carboxylic acids is 2. The minimum Gasteiger partial charge on any atom is -0.492 e. The molecule has 2 aliphatic rings. The summed E-state index contributed by atoms with van der Waals surface area (Å²) in [6.45, 7) is 7.64. The third kappa shape index (κ3) is 4.74. The highest BCUT2D eigenvalue weighted by molar-refractivity contribution is 5.94. The van der Waals surface area contributed by atoms with Crippen LogP contribution in [0.25, 0.3) is 11.1 Å². The third-order valence-corrected chi connectivity index (χ3v) is 6.35. The van der Waals surface area contributed by atoms with Crippen LogP contribution in [0.15, 0.2) is 42.5 Å². The number of hydrogen-bond acceptors (Lipinski definition) is 4. The van der Waals surface area contributed by atoms with Crippen LogP contribution in [0.1, 0.15) is 44.7 Å². The summed E-state index contributed by atoms with van der Waals surface area (Å²) in [6.07, 6.45) is 4.02. The zero-order chi connectivity index (χ0) is 21.8. The van der Waals surface area contributed by atoms with Gasteiger partial charge in [0.2, 0.25) is 12.3 Å². The van der Waals surface area contributed by atoms with E-state index in [9.17, 15) is 9.59 Å². The Morgan fingerprint density at radius 3 is 2.52 bits per heavy atom. The zero-order valence-corrected chi connectivity index (χ0v) is 18.3. The molecule has 0 spiro atoms. The topological polar surface area (TPSA) is 61.9 Å². The first kappa shape index (κ1) is 21.4. The monoisotopic (exact) mass is 421 g/mol. The van der Waals surface area contributed by atoms with Crippen molar-refractivity contribution in [1.29, 1.82) is 0 Å². The fraction of sp³-hybridized carbons (Fsp3) is 0.440. The number of rotatable bonds is 7. The van der Waals surface area contributed by atoms with Gasteiger partial charge in [0.15, 0.2) is 0 Å². The molecule has 2 aliphatic heterocycles. The molecule has 0 saturated carbocycles. The number of ether oxygens (including phenoxy) is 1. The molecule has 0 unspecified atom stereocenters. The number of hydrogen-bond donors (Lipinski definition) is 1. The first-order chi connectivity index (χ1) is 15.1. The van der Waals surface area contributed by atoms with E-state index in [1.54, 1.807) is 6.92 Å². The van der Waals surface area contributed by atoms with Crippen molar-refractivity contribution >= 4 is 18.0 Å². The van der Waals surface area contributed by atoms with Gasteiger partial charge in [-0.3, -0.25) is 14.5 Å². The van der Waals surface area contributed by atoms with Crippen molar-refractivity contribution < 1.29 is 14.3 Å². The quantitative estimate of drug-likeness (QED) is 0.692. The van der Waals surface area contributed by atoms with E-state index >= 15 is 0 Å². The second-order valence-corrected chi connectivity index (χ2v) is 8.51. The van der Waals surface area contributed by atoms with E-state index in [4.69, 9.17) is 4.74 Å². The smallest absolute Gasteiger partial charge is 0.224 e. The standard InChI is InChI=1S/C25H31N3O3/c1-18-15-24(26-17-29)23-16-21(7-10-25(23)28(18)19(2)30)20-5-8-22(9-6-20)31-14-13-27-11-3-4-12-27/h5-10,16-18,24H,3-4,11-15H2,1-2H3,(H,26,29)/t18-,24+/m1/s1. The summed E-state index contributed by atoms with van der Waals surface area (Å²) in [5.74, 6) is 0.888. The molecular formula is C25H31N3O3. The Kier molecular flexibility index (Phi) is 6.56. The van der Waals surface area contributed by atoms with Crippen LogP contribution in [0, 0.1) is 0 Å². The number of nitrogens with zero attached hydrogens (tertiary/aromatic N) is 2. The van der Waals surface area contributed by atoms with Gasteiger partial charge >= 0.3 is 0 Å². The van der Waals surface area contributed by atoms with E-state index < -0.39 is 0 Å². The number of amides is 2.